The number of nitro groups is 1. The summed E-state index contributed by atoms with van der Waals surface area (Å²) in [5, 5.41) is 22.3. The van der Waals surface area contributed by atoms with Crippen LogP contribution in [-0.4, -0.2) is 11.5 Å². The normalized spacial score (nSPS) is 10.9. The number of anilines is 1. The zero-order chi connectivity index (χ0) is 17.9. The molecule has 0 amide bonds. The monoisotopic (exact) mass is 340 g/mol. The Kier molecular flexibility index (Phi) is 7.56. The number of nitrogens with zero attached hydrogens (tertiary/aromatic N) is 3. The van der Waals surface area contributed by atoms with Gasteiger partial charge in [0.2, 0.25) is 0 Å². The number of hydrogen-bond acceptors (Lipinski definition) is 5. The molecule has 1 N–H and O–H groups in total. The SMILES string of the molecule is CCCCCCCNc1ccc(/N=N/c2ccc([N+](=O)[O-])cc2)cc1. The molecule has 0 atom stereocenters. The van der Waals surface area contributed by atoms with Crippen LogP contribution < -0.4 is 5.32 Å². The zero-order valence-corrected chi connectivity index (χ0v) is 14.5. The Morgan fingerprint density at radius 1 is 0.880 bits per heavy atom. The lowest BCUT2D eigenvalue weighted by molar-refractivity contribution is -0.384. The van der Waals surface area contributed by atoms with E-state index in [2.05, 4.69) is 22.5 Å². The number of unbranched alkanes of at least 4 members (excludes halogenated alkanes) is 4. The molecule has 0 spiro atoms. The molecule has 0 unspecified atom stereocenters. The van der Waals surface area contributed by atoms with Crippen LogP contribution in [0.3, 0.4) is 0 Å². The molecule has 0 radical (unpaired) electrons. The zero-order valence-electron chi connectivity index (χ0n) is 14.5. The van der Waals surface area contributed by atoms with Gasteiger partial charge in [0.15, 0.2) is 0 Å². The highest BCUT2D eigenvalue weighted by atomic mass is 16.6. The Balaban J connectivity index is 1.80. The van der Waals surface area contributed by atoms with Gasteiger partial charge in [0.1, 0.15) is 0 Å². The number of nitro benzene ring substituents is 1. The largest absolute Gasteiger partial charge is 0.385 e. The van der Waals surface area contributed by atoms with E-state index < -0.39 is 4.92 Å². The van der Waals surface area contributed by atoms with Crippen molar-refractivity contribution in [2.24, 2.45) is 10.2 Å². The van der Waals surface area contributed by atoms with Crippen molar-refractivity contribution in [2.75, 3.05) is 11.9 Å². The molecule has 0 fully saturated rings. The van der Waals surface area contributed by atoms with Gasteiger partial charge in [-0.1, -0.05) is 32.6 Å². The number of hydrogen-bond donors (Lipinski definition) is 1. The van der Waals surface area contributed by atoms with Crippen molar-refractivity contribution in [3.8, 4) is 0 Å². The van der Waals surface area contributed by atoms with Crippen LogP contribution >= 0.6 is 0 Å². The fraction of sp³-hybridized carbons (Fsp3) is 0.368. The van der Waals surface area contributed by atoms with Crippen molar-refractivity contribution >= 4 is 22.7 Å². The van der Waals surface area contributed by atoms with E-state index in [0.717, 1.165) is 17.9 Å². The van der Waals surface area contributed by atoms with Gasteiger partial charge >= 0.3 is 0 Å². The van der Waals surface area contributed by atoms with E-state index in [1.807, 2.05) is 24.3 Å². The van der Waals surface area contributed by atoms with Gasteiger partial charge in [-0.3, -0.25) is 10.1 Å². The second-order valence-electron chi connectivity index (χ2n) is 5.86. The quantitative estimate of drug-likeness (QED) is 0.235. The maximum atomic E-state index is 10.6. The lowest BCUT2D eigenvalue weighted by Crippen LogP contribution is -2.00. The van der Waals surface area contributed by atoms with Crippen LogP contribution in [0.5, 0.6) is 0 Å². The number of rotatable bonds is 10. The highest BCUT2D eigenvalue weighted by Crippen LogP contribution is 2.22. The highest BCUT2D eigenvalue weighted by Gasteiger charge is 2.03. The van der Waals surface area contributed by atoms with E-state index in [4.69, 9.17) is 0 Å². The molecule has 25 heavy (non-hydrogen) atoms. The smallest absolute Gasteiger partial charge is 0.269 e. The number of non-ortho nitro benzene ring substituents is 1. The van der Waals surface area contributed by atoms with Crippen LogP contribution in [0.15, 0.2) is 58.8 Å². The van der Waals surface area contributed by atoms with E-state index in [-0.39, 0.29) is 5.69 Å². The van der Waals surface area contributed by atoms with Gasteiger partial charge in [-0.15, -0.1) is 0 Å². The Bertz CT molecular complexity index is 682. The molecular weight excluding hydrogens is 316 g/mol. The van der Waals surface area contributed by atoms with Gasteiger partial charge in [0.05, 0.1) is 16.3 Å². The van der Waals surface area contributed by atoms with Crippen molar-refractivity contribution in [2.45, 2.75) is 39.0 Å². The molecule has 0 aromatic heterocycles. The summed E-state index contributed by atoms with van der Waals surface area (Å²) in [5.41, 5.74) is 2.44. The summed E-state index contributed by atoms with van der Waals surface area (Å²) in [6.45, 7) is 3.20. The first-order valence-electron chi connectivity index (χ1n) is 8.69. The summed E-state index contributed by atoms with van der Waals surface area (Å²) < 4.78 is 0. The number of nitrogens with one attached hydrogen (secondary N) is 1. The average molecular weight is 340 g/mol. The summed E-state index contributed by atoms with van der Waals surface area (Å²) >= 11 is 0. The Morgan fingerprint density at radius 2 is 1.44 bits per heavy atom. The first-order chi connectivity index (χ1) is 12.2. The van der Waals surface area contributed by atoms with Crippen LogP contribution in [0.1, 0.15) is 39.0 Å². The van der Waals surface area contributed by atoms with E-state index in [1.54, 1.807) is 12.1 Å². The predicted molar refractivity (Wildman–Crippen MR) is 101 cm³/mol. The number of benzene rings is 2. The fourth-order valence-corrected chi connectivity index (χ4v) is 2.36. The lowest BCUT2D eigenvalue weighted by Gasteiger charge is -2.06. The van der Waals surface area contributed by atoms with Crippen molar-refractivity contribution in [3.63, 3.8) is 0 Å². The molecule has 0 heterocycles. The third-order valence-electron chi connectivity index (χ3n) is 3.82. The lowest BCUT2D eigenvalue weighted by atomic mass is 10.1. The third-order valence-corrected chi connectivity index (χ3v) is 3.82. The molecule has 2 aromatic rings. The standard InChI is InChI=1S/C19H24N4O2/c1-2-3-4-5-6-15-20-16-7-9-17(10-8-16)21-22-18-11-13-19(14-12-18)23(24)25/h7-14,20H,2-6,15H2,1H3/b22-21+. The molecular formula is C19H24N4O2. The molecule has 6 heteroatoms. The fourth-order valence-electron chi connectivity index (χ4n) is 2.36. The van der Waals surface area contributed by atoms with Crippen LogP contribution in [-0.2, 0) is 0 Å². The molecule has 132 valence electrons. The van der Waals surface area contributed by atoms with E-state index in [9.17, 15) is 10.1 Å². The minimum absolute atomic E-state index is 0.0454. The minimum atomic E-state index is -0.434. The molecule has 6 nitrogen and oxygen atoms in total. The van der Waals surface area contributed by atoms with Crippen molar-refractivity contribution in [3.05, 3.63) is 58.6 Å². The molecule has 0 bridgehead atoms. The van der Waals surface area contributed by atoms with Crippen molar-refractivity contribution in [1.82, 2.24) is 0 Å². The van der Waals surface area contributed by atoms with E-state index in [1.165, 1.54) is 44.2 Å². The minimum Gasteiger partial charge on any atom is -0.385 e. The Hall–Kier alpha value is -2.76. The van der Waals surface area contributed by atoms with Gasteiger partial charge in [-0.2, -0.15) is 10.2 Å². The maximum absolute atomic E-state index is 10.6. The molecule has 0 saturated heterocycles. The molecule has 0 aliphatic heterocycles. The van der Waals surface area contributed by atoms with Crippen molar-refractivity contribution < 1.29 is 4.92 Å². The predicted octanol–water partition coefficient (Wildman–Crippen LogP) is 6.39. The van der Waals surface area contributed by atoms with E-state index in [0.29, 0.717) is 5.69 Å². The second kappa shape index (κ2) is 10.2. The Morgan fingerprint density at radius 3 is 2.00 bits per heavy atom. The third kappa shape index (κ3) is 6.71. The summed E-state index contributed by atoms with van der Waals surface area (Å²) in [5.74, 6) is 0. The van der Waals surface area contributed by atoms with E-state index >= 15 is 0 Å². The summed E-state index contributed by atoms with van der Waals surface area (Å²) in [4.78, 5) is 10.2. The van der Waals surface area contributed by atoms with Gasteiger partial charge in [-0.25, -0.2) is 0 Å². The molecule has 0 aliphatic carbocycles. The van der Waals surface area contributed by atoms with Crippen molar-refractivity contribution in [1.29, 1.82) is 0 Å². The molecule has 0 aliphatic rings. The van der Waals surface area contributed by atoms with Gasteiger partial charge in [-0.05, 0) is 42.8 Å². The average Bonchev–Trinajstić information content (AvgIpc) is 2.64. The second-order valence-corrected chi connectivity index (χ2v) is 5.86. The first kappa shape index (κ1) is 18.6. The van der Waals surface area contributed by atoms with Gasteiger partial charge < -0.3 is 5.32 Å². The van der Waals surface area contributed by atoms with Crippen LogP contribution in [0.4, 0.5) is 22.7 Å². The molecule has 2 rings (SSSR count). The highest BCUT2D eigenvalue weighted by molar-refractivity contribution is 5.51. The van der Waals surface area contributed by atoms with Crippen LogP contribution in [0.2, 0.25) is 0 Å². The first-order valence-corrected chi connectivity index (χ1v) is 8.69. The molecule has 2 aromatic carbocycles. The van der Waals surface area contributed by atoms with Gasteiger partial charge in [0, 0.05) is 24.4 Å². The topological polar surface area (TPSA) is 79.9 Å². The molecule has 0 saturated carbocycles. The maximum Gasteiger partial charge on any atom is 0.269 e. The van der Waals surface area contributed by atoms with Crippen LogP contribution in [0, 0.1) is 10.1 Å². The summed E-state index contributed by atoms with van der Waals surface area (Å²) in [7, 11) is 0. The number of azo groups is 1. The Labute approximate surface area is 148 Å². The summed E-state index contributed by atoms with van der Waals surface area (Å²) in [6, 6.07) is 13.8. The summed E-state index contributed by atoms with van der Waals surface area (Å²) in [6.07, 6.45) is 6.34. The van der Waals surface area contributed by atoms with Crippen LogP contribution in [0.25, 0.3) is 0 Å². The van der Waals surface area contributed by atoms with Gasteiger partial charge in [0.25, 0.3) is 5.69 Å².